The summed E-state index contributed by atoms with van der Waals surface area (Å²) in [6, 6.07) is 57.5. The Kier molecular flexibility index (Phi) is 32.5. The van der Waals surface area contributed by atoms with Gasteiger partial charge < -0.3 is 37.9 Å². The Balaban J connectivity index is 0.000000182. The van der Waals surface area contributed by atoms with Crippen LogP contribution in [0.3, 0.4) is 0 Å². The Labute approximate surface area is 698 Å². The molecule has 3 aliphatic heterocycles. The second kappa shape index (κ2) is 42.9. The fraction of sp³-hybridized carbons (Fsp3) is 0.371. The first kappa shape index (κ1) is 87.9. The van der Waals surface area contributed by atoms with Crippen LogP contribution in [-0.4, -0.2) is 138 Å². The standard InChI is InChI=1S/2C33H36N4O.C31H38N4O3.2ClH/c2*1-34-29-15-10-25(11-16-29)9-13-28-14-17-30-32(35-38-33(30)31(28)24-36(2)3)18-12-26-19-21-37(22-20-26)23-27-7-5-4-6-8-27;1-31(2,3)37-30(36)35-19-17-23(18-20-35)10-16-28-26-15-12-24(27(21-34(5)6)29(26)38-33-28)11-7-22-8-13-25(32-4)14-9-22;;/h2*4-11,13-17,26H,12,18-24H2,2-3H3;7-9,11-15,23H,10,16-21H2,1-3,5-6H3;2*1H/b2*13-9+;11-7+;;. The van der Waals surface area contributed by atoms with Crippen LogP contribution in [0.1, 0.15) is 157 Å². The summed E-state index contributed by atoms with van der Waals surface area (Å²) < 4.78 is 23.4. The van der Waals surface area contributed by atoms with Crippen molar-refractivity contribution in [3.05, 3.63) is 282 Å². The zero-order valence-electron chi connectivity index (χ0n) is 68.8. The highest BCUT2D eigenvalue weighted by Crippen LogP contribution is 2.36. The molecule has 0 aliphatic carbocycles. The summed E-state index contributed by atoms with van der Waals surface area (Å²) in [6.45, 7) is 37.7. The van der Waals surface area contributed by atoms with Gasteiger partial charge in [-0.15, -0.1) is 24.8 Å². The van der Waals surface area contributed by atoms with Crippen molar-refractivity contribution in [2.75, 3.05) is 81.6 Å². The number of hydrogen-bond acceptors (Lipinski definition) is 13. The molecule has 0 atom stereocenters. The van der Waals surface area contributed by atoms with Crippen LogP contribution in [0.25, 0.3) is 83.9 Å². The number of halogens is 2. The molecule has 3 saturated heterocycles. The van der Waals surface area contributed by atoms with E-state index in [2.05, 4.69) is 230 Å². The van der Waals surface area contributed by atoms with Crippen LogP contribution in [0.2, 0.25) is 0 Å². The molecule has 0 unspecified atom stereocenters. The maximum atomic E-state index is 12.4. The molecule has 3 fully saturated rings. The lowest BCUT2D eigenvalue weighted by molar-refractivity contribution is 0.0181. The van der Waals surface area contributed by atoms with Gasteiger partial charge in [0.05, 0.1) is 36.8 Å². The predicted octanol–water partition coefficient (Wildman–Crippen LogP) is 22.9. The van der Waals surface area contributed by atoms with Crippen LogP contribution < -0.4 is 0 Å². The van der Waals surface area contributed by atoms with Gasteiger partial charge in [0, 0.05) is 78.7 Å². The normalized spacial score (nSPS) is 14.7. The van der Waals surface area contributed by atoms with E-state index in [-0.39, 0.29) is 30.9 Å². The van der Waals surface area contributed by atoms with Crippen LogP contribution in [0, 0.1) is 37.5 Å². The number of rotatable bonds is 25. The Morgan fingerprint density at radius 2 is 0.716 bits per heavy atom. The van der Waals surface area contributed by atoms with Crippen molar-refractivity contribution >= 4 is 117 Å². The van der Waals surface area contributed by atoms with E-state index in [1.807, 2.05) is 98.5 Å². The number of carbonyl (C=O) groups is 1. The highest BCUT2D eigenvalue weighted by atomic mass is 35.5. The molecule has 604 valence electrons. The van der Waals surface area contributed by atoms with Gasteiger partial charge >= 0.3 is 6.09 Å². The zero-order valence-corrected chi connectivity index (χ0v) is 70.5. The van der Waals surface area contributed by atoms with Gasteiger partial charge in [0.25, 0.3) is 0 Å². The van der Waals surface area contributed by atoms with Crippen molar-refractivity contribution in [3.63, 3.8) is 0 Å². The van der Waals surface area contributed by atoms with Gasteiger partial charge in [0.2, 0.25) is 0 Å². The molecule has 6 heterocycles. The monoisotopic (exact) mass is 1590 g/mol. The minimum atomic E-state index is -0.465. The molecule has 3 aromatic heterocycles. The van der Waals surface area contributed by atoms with E-state index < -0.39 is 5.60 Å². The molecule has 11 aromatic rings. The zero-order chi connectivity index (χ0) is 79.9. The molecule has 1 amide bonds. The third kappa shape index (κ3) is 25.0. The predicted molar refractivity (Wildman–Crippen MR) is 478 cm³/mol. The van der Waals surface area contributed by atoms with Crippen molar-refractivity contribution in [2.24, 2.45) is 17.8 Å². The third-order valence-corrected chi connectivity index (χ3v) is 22.0. The number of aryl methyl sites for hydroxylation is 3. The minimum absolute atomic E-state index is 0. The smallest absolute Gasteiger partial charge is 0.410 e. The van der Waals surface area contributed by atoms with Crippen LogP contribution in [0.5, 0.6) is 0 Å². The summed E-state index contributed by atoms with van der Waals surface area (Å²) in [5, 5.41) is 16.9. The maximum Gasteiger partial charge on any atom is 0.410 e. The summed E-state index contributed by atoms with van der Waals surface area (Å²) in [4.78, 5) is 36.2. The van der Waals surface area contributed by atoms with Gasteiger partial charge in [0.1, 0.15) is 5.60 Å². The molecule has 0 bridgehead atoms. The average molecular weight is 1600 g/mol. The number of likely N-dealkylation sites (tertiary alicyclic amines) is 3. The van der Waals surface area contributed by atoms with Crippen LogP contribution >= 0.6 is 24.8 Å². The quantitative estimate of drug-likeness (QED) is 0.0397. The van der Waals surface area contributed by atoms with Crippen LogP contribution in [-0.2, 0) is 56.7 Å². The van der Waals surface area contributed by atoms with Gasteiger partial charge in [-0.1, -0.05) is 204 Å². The summed E-state index contributed by atoms with van der Waals surface area (Å²) >= 11 is 0. The van der Waals surface area contributed by atoms with Crippen molar-refractivity contribution in [3.8, 4) is 0 Å². The fourth-order valence-corrected chi connectivity index (χ4v) is 15.7. The molecule has 0 spiro atoms. The topological polar surface area (TPSA) is 137 Å². The van der Waals surface area contributed by atoms with E-state index >= 15 is 0 Å². The van der Waals surface area contributed by atoms with Gasteiger partial charge in [-0.25, -0.2) is 19.3 Å². The number of nitrogens with zero attached hydrogens (tertiary/aromatic N) is 12. The van der Waals surface area contributed by atoms with E-state index in [1.165, 1.54) is 63.0 Å². The molecule has 0 N–H and O–H groups in total. The summed E-state index contributed by atoms with van der Waals surface area (Å²) in [6.07, 6.45) is 25.5. The van der Waals surface area contributed by atoms with Crippen molar-refractivity contribution in [2.45, 2.75) is 136 Å². The second-order valence-corrected chi connectivity index (χ2v) is 32.7. The number of hydrogen-bond donors (Lipinski definition) is 0. The first-order chi connectivity index (χ1) is 55.3. The molecule has 3 aliphatic rings. The van der Waals surface area contributed by atoms with E-state index in [0.717, 1.165) is 209 Å². The summed E-state index contributed by atoms with van der Waals surface area (Å²) in [7, 11) is 12.4. The first-order valence-corrected chi connectivity index (χ1v) is 40.4. The highest BCUT2D eigenvalue weighted by Gasteiger charge is 2.29. The molecule has 14 rings (SSSR count). The SMILES string of the molecule is Cl.Cl.[C-]#[N+]c1ccc(/C=C/c2ccc3c(CCC4CCN(C(=O)OC(C)(C)C)CC4)noc3c2CN(C)C)cc1.[C-]#[N+]c1ccc(/C=C/c2ccc3c(CCC4CCN(Cc5ccccc5)CC4)noc3c2CN(C)C)cc1.[C-]#[N+]c1ccc(/C=C/c2ccc3c(CCC4CCN(Cc5ccccc5)CC4)noc3c2CN(C)C)cc1. The van der Waals surface area contributed by atoms with Crippen molar-refractivity contribution in [1.82, 2.24) is 44.9 Å². The number of piperidine rings is 3. The lowest BCUT2D eigenvalue weighted by Gasteiger charge is -2.33. The Morgan fingerprint density at radius 3 is 0.991 bits per heavy atom. The van der Waals surface area contributed by atoms with Gasteiger partial charge in [-0.05, 0) is 247 Å². The summed E-state index contributed by atoms with van der Waals surface area (Å²) in [5.41, 5.74) is 20.1. The van der Waals surface area contributed by atoms with Crippen LogP contribution in [0.4, 0.5) is 21.9 Å². The third-order valence-electron chi connectivity index (χ3n) is 22.0. The number of ether oxygens (including phenoxy) is 1. The van der Waals surface area contributed by atoms with Gasteiger partial charge in [0.15, 0.2) is 33.8 Å². The molecular weight excluding hydrogens is 1480 g/mol. The lowest BCUT2D eigenvalue weighted by Crippen LogP contribution is -2.41. The molecule has 0 radical (unpaired) electrons. The molecule has 17 nitrogen and oxygen atoms in total. The number of aromatic nitrogens is 3. The Bertz CT molecular complexity index is 4950. The fourth-order valence-electron chi connectivity index (χ4n) is 15.7. The van der Waals surface area contributed by atoms with Gasteiger partial charge in [-0.3, -0.25) is 9.80 Å². The van der Waals surface area contributed by atoms with E-state index in [4.69, 9.17) is 38.0 Å². The Hall–Kier alpha value is -10.5. The molecule has 0 saturated carbocycles. The minimum Gasteiger partial charge on any atom is -0.444 e. The number of benzene rings is 8. The summed E-state index contributed by atoms with van der Waals surface area (Å²) in [5.74, 6) is 2.04. The van der Waals surface area contributed by atoms with Crippen molar-refractivity contribution in [1.29, 1.82) is 0 Å². The van der Waals surface area contributed by atoms with Crippen molar-refractivity contribution < 1.29 is 23.1 Å². The Morgan fingerprint density at radius 1 is 0.422 bits per heavy atom. The largest absolute Gasteiger partial charge is 0.444 e. The van der Waals surface area contributed by atoms with Gasteiger partial charge in [-0.2, -0.15) is 0 Å². The van der Waals surface area contributed by atoms with E-state index in [1.54, 1.807) is 0 Å². The molecule has 8 aromatic carbocycles. The number of carbonyl (C=O) groups excluding carboxylic acids is 1. The first-order valence-electron chi connectivity index (χ1n) is 40.4. The number of amides is 1. The number of fused-ring (bicyclic) bond motifs is 3. The molecular formula is C97H112Cl2N12O5. The molecule has 116 heavy (non-hydrogen) atoms. The van der Waals surface area contributed by atoms with E-state index in [9.17, 15) is 4.79 Å². The highest BCUT2D eigenvalue weighted by molar-refractivity contribution is 5.90. The second-order valence-electron chi connectivity index (χ2n) is 32.7. The van der Waals surface area contributed by atoms with E-state index in [0.29, 0.717) is 23.0 Å². The van der Waals surface area contributed by atoms with Crippen LogP contribution in [0.15, 0.2) is 183 Å². The lowest BCUT2D eigenvalue weighted by atomic mass is 9.90. The average Bonchev–Trinajstić information content (AvgIpc) is 1.61. The maximum absolute atomic E-state index is 12.4. The molecule has 19 heteroatoms.